The molecule has 1 amide bonds. The van der Waals surface area contributed by atoms with E-state index in [0.29, 0.717) is 18.0 Å². The molecule has 0 saturated heterocycles. The first-order valence-corrected chi connectivity index (χ1v) is 11.1. The SMILES string of the molecule is O=C(COCc1ccccc1)Nc1ccc(NS(=O)(=O)c2c(Cl)cccc2Cl)cc1. The molecule has 3 aromatic rings. The first kappa shape index (κ1) is 22.1. The van der Waals surface area contributed by atoms with E-state index in [1.807, 2.05) is 30.3 Å². The Morgan fingerprint density at radius 2 is 1.43 bits per heavy atom. The average Bonchev–Trinajstić information content (AvgIpc) is 2.70. The van der Waals surface area contributed by atoms with Crippen molar-refractivity contribution in [2.75, 3.05) is 16.6 Å². The van der Waals surface area contributed by atoms with E-state index in [9.17, 15) is 13.2 Å². The van der Waals surface area contributed by atoms with Gasteiger partial charge in [0.1, 0.15) is 11.5 Å². The third-order valence-corrected chi connectivity index (χ3v) is 6.29. The molecule has 0 saturated carbocycles. The highest BCUT2D eigenvalue weighted by Gasteiger charge is 2.21. The molecule has 3 aromatic carbocycles. The second-order valence-corrected chi connectivity index (χ2v) is 8.69. The van der Waals surface area contributed by atoms with Crippen molar-refractivity contribution in [2.24, 2.45) is 0 Å². The summed E-state index contributed by atoms with van der Waals surface area (Å²) in [6, 6.07) is 20.1. The highest BCUT2D eigenvalue weighted by atomic mass is 35.5. The number of benzene rings is 3. The summed E-state index contributed by atoms with van der Waals surface area (Å²) < 4.78 is 33.0. The number of carbonyl (C=O) groups is 1. The predicted octanol–water partition coefficient (Wildman–Crippen LogP) is 4.95. The van der Waals surface area contributed by atoms with Crippen molar-refractivity contribution in [3.8, 4) is 0 Å². The third kappa shape index (κ3) is 5.96. The Kier molecular flexibility index (Phi) is 7.33. The zero-order chi connectivity index (χ0) is 21.6. The quantitative estimate of drug-likeness (QED) is 0.493. The second kappa shape index (κ2) is 9.95. The van der Waals surface area contributed by atoms with Crippen LogP contribution in [0.25, 0.3) is 0 Å². The summed E-state index contributed by atoms with van der Waals surface area (Å²) >= 11 is 12.0. The van der Waals surface area contributed by atoms with Crippen molar-refractivity contribution >= 4 is 50.5 Å². The van der Waals surface area contributed by atoms with Gasteiger partial charge in [-0.1, -0.05) is 59.6 Å². The Morgan fingerprint density at radius 1 is 0.833 bits per heavy atom. The fraction of sp³-hybridized carbons (Fsp3) is 0.0952. The Morgan fingerprint density at radius 3 is 2.07 bits per heavy atom. The number of amides is 1. The van der Waals surface area contributed by atoms with E-state index in [4.69, 9.17) is 27.9 Å². The molecule has 3 rings (SSSR count). The number of hydrogen-bond acceptors (Lipinski definition) is 4. The molecule has 156 valence electrons. The van der Waals surface area contributed by atoms with E-state index < -0.39 is 10.0 Å². The van der Waals surface area contributed by atoms with Crippen molar-refractivity contribution in [3.05, 3.63) is 88.4 Å². The van der Waals surface area contributed by atoms with Gasteiger partial charge in [0.05, 0.1) is 16.7 Å². The van der Waals surface area contributed by atoms with Gasteiger partial charge in [-0.15, -0.1) is 0 Å². The minimum atomic E-state index is -3.97. The van der Waals surface area contributed by atoms with Gasteiger partial charge in [0, 0.05) is 11.4 Å². The largest absolute Gasteiger partial charge is 0.367 e. The molecule has 0 heterocycles. The summed E-state index contributed by atoms with van der Waals surface area (Å²) in [6.45, 7) is 0.230. The lowest BCUT2D eigenvalue weighted by atomic mass is 10.2. The van der Waals surface area contributed by atoms with Crippen molar-refractivity contribution in [3.63, 3.8) is 0 Å². The van der Waals surface area contributed by atoms with Gasteiger partial charge >= 0.3 is 0 Å². The predicted molar refractivity (Wildman–Crippen MR) is 118 cm³/mol. The molecule has 0 bridgehead atoms. The Hall–Kier alpha value is -2.58. The normalized spacial score (nSPS) is 11.1. The number of sulfonamides is 1. The molecule has 0 aliphatic heterocycles. The number of hydrogen-bond donors (Lipinski definition) is 2. The first-order valence-electron chi connectivity index (χ1n) is 8.83. The summed E-state index contributed by atoms with van der Waals surface area (Å²) in [5, 5.41) is 2.73. The topological polar surface area (TPSA) is 84.5 Å². The first-order chi connectivity index (χ1) is 14.3. The maximum atomic E-state index is 12.6. The fourth-order valence-corrected chi connectivity index (χ4v) is 4.80. The molecule has 9 heteroatoms. The molecule has 2 N–H and O–H groups in total. The van der Waals surface area contributed by atoms with Crippen molar-refractivity contribution in [2.45, 2.75) is 11.5 Å². The number of ether oxygens (including phenoxy) is 1. The number of rotatable bonds is 8. The number of nitrogens with one attached hydrogen (secondary N) is 2. The van der Waals surface area contributed by atoms with E-state index in [2.05, 4.69) is 10.0 Å². The van der Waals surface area contributed by atoms with E-state index in [-0.39, 0.29) is 27.5 Å². The van der Waals surface area contributed by atoms with Crippen LogP contribution in [0.1, 0.15) is 5.56 Å². The summed E-state index contributed by atoms with van der Waals surface area (Å²) in [5.41, 5.74) is 1.77. The summed E-state index contributed by atoms with van der Waals surface area (Å²) in [5.74, 6) is -0.317. The lowest BCUT2D eigenvalue weighted by molar-refractivity contribution is -0.121. The van der Waals surface area contributed by atoms with Crippen LogP contribution in [0.2, 0.25) is 10.0 Å². The number of anilines is 2. The zero-order valence-electron chi connectivity index (χ0n) is 15.6. The minimum absolute atomic E-state index is 0.0226. The van der Waals surface area contributed by atoms with Gasteiger partial charge in [-0.2, -0.15) is 0 Å². The highest BCUT2D eigenvalue weighted by molar-refractivity contribution is 7.93. The molecule has 0 radical (unpaired) electrons. The molecule has 0 fully saturated rings. The molecule has 0 spiro atoms. The molecule has 0 aromatic heterocycles. The van der Waals surface area contributed by atoms with Gasteiger partial charge in [-0.3, -0.25) is 9.52 Å². The molecule has 0 atom stereocenters. The summed E-state index contributed by atoms with van der Waals surface area (Å²) in [6.07, 6.45) is 0. The van der Waals surface area contributed by atoms with Crippen molar-refractivity contribution in [1.82, 2.24) is 0 Å². The number of halogens is 2. The molecule has 0 unspecified atom stereocenters. The van der Waals surface area contributed by atoms with Crippen LogP contribution in [0.5, 0.6) is 0 Å². The Bertz CT molecular complexity index is 1100. The maximum Gasteiger partial charge on any atom is 0.264 e. The molecular weight excluding hydrogens is 447 g/mol. The number of carbonyl (C=O) groups excluding carboxylic acids is 1. The van der Waals surface area contributed by atoms with Crippen molar-refractivity contribution < 1.29 is 17.9 Å². The van der Waals surface area contributed by atoms with Crippen LogP contribution in [0.3, 0.4) is 0 Å². The van der Waals surface area contributed by atoms with Gasteiger partial charge in [0.25, 0.3) is 10.0 Å². The van der Waals surface area contributed by atoms with Gasteiger partial charge in [0.15, 0.2) is 0 Å². The van der Waals surface area contributed by atoms with E-state index >= 15 is 0 Å². The third-order valence-electron chi connectivity index (χ3n) is 3.95. The lowest BCUT2D eigenvalue weighted by Gasteiger charge is -2.12. The highest BCUT2D eigenvalue weighted by Crippen LogP contribution is 2.30. The van der Waals surface area contributed by atoms with Gasteiger partial charge in [-0.25, -0.2) is 8.42 Å². The lowest BCUT2D eigenvalue weighted by Crippen LogP contribution is -2.18. The van der Waals surface area contributed by atoms with Crippen LogP contribution in [-0.4, -0.2) is 20.9 Å². The molecular formula is C21H18Cl2N2O4S. The van der Waals surface area contributed by atoms with Crippen LogP contribution in [0.4, 0.5) is 11.4 Å². The minimum Gasteiger partial charge on any atom is -0.367 e. The maximum absolute atomic E-state index is 12.6. The van der Waals surface area contributed by atoms with Crippen molar-refractivity contribution in [1.29, 1.82) is 0 Å². The smallest absolute Gasteiger partial charge is 0.264 e. The second-order valence-electron chi connectivity index (χ2n) is 6.26. The standard InChI is InChI=1S/C21H18Cl2N2O4S/c22-18-7-4-8-19(23)21(18)30(27,28)25-17-11-9-16(10-12-17)24-20(26)14-29-13-15-5-2-1-3-6-15/h1-12,25H,13-14H2,(H,24,26). The average molecular weight is 465 g/mol. The van der Waals surface area contributed by atoms with Gasteiger partial charge in [0.2, 0.25) is 5.91 Å². The zero-order valence-corrected chi connectivity index (χ0v) is 18.0. The van der Waals surface area contributed by atoms with Gasteiger partial charge < -0.3 is 10.1 Å². The molecule has 0 aliphatic rings. The van der Waals surface area contributed by atoms with Crippen LogP contribution in [0, 0.1) is 0 Å². The summed E-state index contributed by atoms with van der Waals surface area (Å²) in [7, 11) is -3.97. The monoisotopic (exact) mass is 464 g/mol. The van der Waals surface area contributed by atoms with Crippen LogP contribution in [0.15, 0.2) is 77.7 Å². The fourth-order valence-electron chi connectivity index (χ4n) is 2.60. The Balaban J connectivity index is 1.56. The van der Waals surface area contributed by atoms with Gasteiger partial charge in [-0.05, 0) is 42.0 Å². The molecule has 6 nitrogen and oxygen atoms in total. The van der Waals surface area contributed by atoms with Crippen LogP contribution >= 0.6 is 23.2 Å². The van der Waals surface area contributed by atoms with E-state index in [1.165, 1.54) is 24.3 Å². The molecule has 0 aliphatic carbocycles. The Labute approximate surface area is 184 Å². The van der Waals surface area contributed by atoms with E-state index in [1.54, 1.807) is 18.2 Å². The van der Waals surface area contributed by atoms with Crippen LogP contribution < -0.4 is 10.0 Å². The molecule has 30 heavy (non-hydrogen) atoms. The van der Waals surface area contributed by atoms with Crippen LogP contribution in [-0.2, 0) is 26.2 Å². The van der Waals surface area contributed by atoms with E-state index in [0.717, 1.165) is 5.56 Å². The summed E-state index contributed by atoms with van der Waals surface area (Å²) in [4.78, 5) is 11.8.